The van der Waals surface area contributed by atoms with E-state index in [0.717, 1.165) is 6.42 Å². The molecule has 0 fully saturated rings. The molecule has 0 saturated carbocycles. The van der Waals surface area contributed by atoms with Gasteiger partial charge in [0.15, 0.2) is 0 Å². The highest BCUT2D eigenvalue weighted by Crippen LogP contribution is 2.15. The molecule has 0 amide bonds. The molecule has 3 rings (SSSR count). The molecule has 0 saturated heterocycles. The third-order valence-corrected chi connectivity index (χ3v) is 3.38. The van der Waals surface area contributed by atoms with Gasteiger partial charge in [0.1, 0.15) is 0 Å². The van der Waals surface area contributed by atoms with Gasteiger partial charge in [0.25, 0.3) is 0 Å². The zero-order chi connectivity index (χ0) is 11.7. The van der Waals surface area contributed by atoms with Crippen molar-refractivity contribution in [1.29, 1.82) is 0 Å². The van der Waals surface area contributed by atoms with Gasteiger partial charge < -0.3 is 0 Å². The van der Waals surface area contributed by atoms with Crippen molar-refractivity contribution in [3.63, 3.8) is 0 Å². The second-order valence-electron chi connectivity index (χ2n) is 4.76. The summed E-state index contributed by atoms with van der Waals surface area (Å²) in [6.45, 7) is 2.27. The minimum atomic E-state index is 0.661. The lowest BCUT2D eigenvalue weighted by Gasteiger charge is -2.11. The smallest absolute Gasteiger partial charge is 0.0109 e. The van der Waals surface area contributed by atoms with Crippen molar-refractivity contribution in [3.8, 4) is 11.1 Å². The highest BCUT2D eigenvalue weighted by atomic mass is 14.1. The maximum absolute atomic E-state index is 2.38. The number of rotatable bonds is 1. The van der Waals surface area contributed by atoms with Crippen LogP contribution < -0.4 is 10.4 Å². The van der Waals surface area contributed by atoms with Crippen LogP contribution in [-0.2, 0) is 0 Å². The molecule has 2 aromatic rings. The van der Waals surface area contributed by atoms with Gasteiger partial charge >= 0.3 is 0 Å². The van der Waals surface area contributed by atoms with Gasteiger partial charge in [-0.25, -0.2) is 0 Å². The fraction of sp³-hybridized carbons (Fsp3) is 0.176. The van der Waals surface area contributed by atoms with E-state index in [-0.39, 0.29) is 0 Å². The first-order valence-electron chi connectivity index (χ1n) is 6.21. The Morgan fingerprint density at radius 1 is 0.941 bits per heavy atom. The molecule has 84 valence electrons. The summed E-state index contributed by atoms with van der Waals surface area (Å²) in [5, 5.41) is 2.78. The Hall–Kier alpha value is -1.82. The first-order chi connectivity index (χ1) is 8.34. The SMILES string of the molecule is CC1C=c2cccc(-c3ccccc3)c2=CC1. The van der Waals surface area contributed by atoms with Crippen molar-refractivity contribution in [2.75, 3.05) is 0 Å². The van der Waals surface area contributed by atoms with Gasteiger partial charge in [-0.1, -0.05) is 67.6 Å². The lowest BCUT2D eigenvalue weighted by molar-refractivity contribution is 0.800. The Labute approximate surface area is 102 Å². The number of benzene rings is 2. The van der Waals surface area contributed by atoms with Crippen LogP contribution in [0.3, 0.4) is 0 Å². The Balaban J connectivity index is 2.28. The van der Waals surface area contributed by atoms with Gasteiger partial charge in [-0.2, -0.15) is 0 Å². The van der Waals surface area contributed by atoms with Gasteiger partial charge in [-0.3, -0.25) is 0 Å². The molecule has 0 N–H and O–H groups in total. The molecule has 0 nitrogen and oxygen atoms in total. The molecule has 0 aliphatic heterocycles. The number of fused-ring (bicyclic) bond motifs is 1. The van der Waals surface area contributed by atoms with Crippen LogP contribution >= 0.6 is 0 Å². The molecule has 0 heterocycles. The van der Waals surface area contributed by atoms with Crippen LogP contribution in [-0.4, -0.2) is 0 Å². The van der Waals surface area contributed by atoms with Crippen LogP contribution in [0.15, 0.2) is 48.5 Å². The third-order valence-electron chi connectivity index (χ3n) is 3.38. The van der Waals surface area contributed by atoms with E-state index in [0.29, 0.717) is 5.92 Å². The molecular weight excluding hydrogens is 204 g/mol. The molecule has 0 radical (unpaired) electrons. The Morgan fingerprint density at radius 2 is 1.76 bits per heavy atom. The summed E-state index contributed by atoms with van der Waals surface area (Å²) < 4.78 is 0. The van der Waals surface area contributed by atoms with Gasteiger partial charge in [0, 0.05) is 0 Å². The molecule has 0 heteroatoms. The van der Waals surface area contributed by atoms with Gasteiger partial charge in [0.05, 0.1) is 0 Å². The number of hydrogen-bond acceptors (Lipinski definition) is 0. The van der Waals surface area contributed by atoms with Crippen LogP contribution in [0.4, 0.5) is 0 Å². The molecule has 0 aromatic heterocycles. The normalized spacial score (nSPS) is 17.8. The summed E-state index contributed by atoms with van der Waals surface area (Å²) in [7, 11) is 0. The maximum Gasteiger partial charge on any atom is -0.0109 e. The van der Waals surface area contributed by atoms with Crippen LogP contribution in [0, 0.1) is 5.92 Å². The zero-order valence-corrected chi connectivity index (χ0v) is 10.1. The van der Waals surface area contributed by atoms with Crippen molar-refractivity contribution in [2.45, 2.75) is 13.3 Å². The topological polar surface area (TPSA) is 0 Å². The van der Waals surface area contributed by atoms with Gasteiger partial charge in [-0.05, 0) is 33.9 Å². The van der Waals surface area contributed by atoms with Gasteiger partial charge in [-0.15, -0.1) is 0 Å². The second kappa shape index (κ2) is 4.21. The van der Waals surface area contributed by atoms with E-state index >= 15 is 0 Å². The average molecular weight is 220 g/mol. The highest BCUT2D eigenvalue weighted by Gasteiger charge is 2.05. The van der Waals surface area contributed by atoms with Crippen LogP contribution in [0.25, 0.3) is 23.3 Å². The zero-order valence-electron chi connectivity index (χ0n) is 10.1. The van der Waals surface area contributed by atoms with Crippen molar-refractivity contribution in [2.24, 2.45) is 5.92 Å². The molecular formula is C17H16. The van der Waals surface area contributed by atoms with Crippen molar-refractivity contribution in [1.82, 2.24) is 0 Å². The average Bonchev–Trinajstić information content (AvgIpc) is 2.39. The standard InChI is InChI=1S/C17H16/c1-13-10-11-17-15(12-13)8-5-9-16(17)14-6-3-2-4-7-14/h2-9,11-13H,10H2,1H3. The monoisotopic (exact) mass is 220 g/mol. The summed E-state index contributed by atoms with van der Waals surface area (Å²) in [4.78, 5) is 0. The lowest BCUT2D eigenvalue weighted by Crippen LogP contribution is -2.30. The van der Waals surface area contributed by atoms with E-state index < -0.39 is 0 Å². The quantitative estimate of drug-likeness (QED) is 0.693. The van der Waals surface area contributed by atoms with Crippen LogP contribution in [0.5, 0.6) is 0 Å². The van der Waals surface area contributed by atoms with Crippen LogP contribution in [0.1, 0.15) is 13.3 Å². The van der Waals surface area contributed by atoms with E-state index in [4.69, 9.17) is 0 Å². The summed E-state index contributed by atoms with van der Waals surface area (Å²) >= 11 is 0. The summed E-state index contributed by atoms with van der Waals surface area (Å²) in [5.74, 6) is 0.661. The Kier molecular flexibility index (Phi) is 2.56. The fourth-order valence-electron chi connectivity index (χ4n) is 2.50. The van der Waals surface area contributed by atoms with E-state index in [1.807, 2.05) is 0 Å². The minimum absolute atomic E-state index is 0.661. The highest BCUT2D eigenvalue weighted by molar-refractivity contribution is 5.66. The molecule has 0 bridgehead atoms. The summed E-state index contributed by atoms with van der Waals surface area (Å²) in [6.07, 6.45) is 5.90. The molecule has 1 aliphatic rings. The molecule has 1 atom stereocenters. The summed E-state index contributed by atoms with van der Waals surface area (Å²) in [6, 6.07) is 17.2. The van der Waals surface area contributed by atoms with E-state index in [2.05, 4.69) is 67.6 Å². The van der Waals surface area contributed by atoms with Crippen LogP contribution in [0.2, 0.25) is 0 Å². The van der Waals surface area contributed by atoms with Gasteiger partial charge in [0.2, 0.25) is 0 Å². The predicted molar refractivity (Wildman–Crippen MR) is 73.8 cm³/mol. The van der Waals surface area contributed by atoms with Crippen molar-refractivity contribution >= 4 is 12.2 Å². The van der Waals surface area contributed by atoms with E-state index in [1.165, 1.54) is 21.6 Å². The van der Waals surface area contributed by atoms with Crippen molar-refractivity contribution in [3.05, 3.63) is 59.0 Å². The lowest BCUT2D eigenvalue weighted by atomic mass is 9.94. The molecule has 2 aromatic carbocycles. The van der Waals surface area contributed by atoms with Crippen molar-refractivity contribution < 1.29 is 0 Å². The first kappa shape index (κ1) is 10.3. The number of hydrogen-bond donors (Lipinski definition) is 0. The van der Waals surface area contributed by atoms with E-state index in [1.54, 1.807) is 0 Å². The largest absolute Gasteiger partial charge is 0.0755 e. The second-order valence-corrected chi connectivity index (χ2v) is 4.76. The van der Waals surface area contributed by atoms with E-state index in [9.17, 15) is 0 Å². The first-order valence-corrected chi connectivity index (χ1v) is 6.21. The predicted octanol–water partition coefficient (Wildman–Crippen LogP) is 2.95. The molecule has 17 heavy (non-hydrogen) atoms. The summed E-state index contributed by atoms with van der Waals surface area (Å²) in [5.41, 5.74) is 2.66. The minimum Gasteiger partial charge on any atom is -0.0755 e. The maximum atomic E-state index is 2.38. The Bertz CT molecular complexity index is 635. The molecule has 1 unspecified atom stereocenters. The molecule has 1 aliphatic carbocycles. The molecule has 0 spiro atoms. The Morgan fingerprint density at radius 3 is 2.59 bits per heavy atom. The fourth-order valence-corrected chi connectivity index (χ4v) is 2.50. The third kappa shape index (κ3) is 1.91.